The predicted molar refractivity (Wildman–Crippen MR) is 60.1 cm³/mol. The molecule has 0 aromatic carbocycles. The summed E-state index contributed by atoms with van der Waals surface area (Å²) < 4.78 is 0. The predicted octanol–water partition coefficient (Wildman–Crippen LogP) is 0.309. The van der Waals surface area contributed by atoms with Gasteiger partial charge in [0.15, 0.2) is 0 Å². The number of aliphatic carboxylic acids is 1. The van der Waals surface area contributed by atoms with Crippen LogP contribution in [0.2, 0.25) is 0 Å². The summed E-state index contributed by atoms with van der Waals surface area (Å²) in [5.74, 6) is -1.30. The van der Waals surface area contributed by atoms with E-state index in [1.54, 1.807) is 4.90 Å². The summed E-state index contributed by atoms with van der Waals surface area (Å²) in [4.78, 5) is 24.2. The number of carbonyl (C=O) groups excluding carboxylic acids is 1. The van der Waals surface area contributed by atoms with Crippen molar-refractivity contribution in [2.45, 2.75) is 26.2 Å². The first-order valence-corrected chi connectivity index (χ1v) is 5.86. The van der Waals surface area contributed by atoms with Gasteiger partial charge in [-0.15, -0.1) is 0 Å². The van der Waals surface area contributed by atoms with Gasteiger partial charge < -0.3 is 15.3 Å². The molecule has 0 spiro atoms. The molecule has 1 atom stereocenters. The molecule has 0 aromatic rings. The van der Waals surface area contributed by atoms with Gasteiger partial charge in [-0.05, 0) is 6.42 Å². The van der Waals surface area contributed by atoms with Crippen molar-refractivity contribution in [3.05, 3.63) is 0 Å². The maximum Gasteiger partial charge on any atom is 0.309 e. The van der Waals surface area contributed by atoms with E-state index in [1.807, 2.05) is 0 Å². The van der Waals surface area contributed by atoms with E-state index in [-0.39, 0.29) is 12.5 Å². The number of amides is 1. The molecule has 0 saturated carbocycles. The SMILES string of the molecule is CCCCCN1CC(C(=O)O)CNCC1=O. The van der Waals surface area contributed by atoms with Crippen LogP contribution in [0.25, 0.3) is 0 Å². The van der Waals surface area contributed by atoms with Gasteiger partial charge in [-0.25, -0.2) is 0 Å². The molecule has 1 amide bonds. The van der Waals surface area contributed by atoms with Gasteiger partial charge in [0.2, 0.25) is 5.91 Å². The summed E-state index contributed by atoms with van der Waals surface area (Å²) in [6.07, 6.45) is 3.13. The van der Waals surface area contributed by atoms with Gasteiger partial charge in [0.1, 0.15) is 0 Å². The molecule has 92 valence electrons. The first-order chi connectivity index (χ1) is 7.65. The number of hydrogen-bond acceptors (Lipinski definition) is 3. The average molecular weight is 228 g/mol. The third kappa shape index (κ3) is 3.81. The van der Waals surface area contributed by atoms with E-state index >= 15 is 0 Å². The van der Waals surface area contributed by atoms with Crippen LogP contribution < -0.4 is 5.32 Å². The molecule has 0 bridgehead atoms. The van der Waals surface area contributed by atoms with Crippen molar-refractivity contribution in [3.8, 4) is 0 Å². The van der Waals surface area contributed by atoms with Crippen molar-refractivity contribution in [1.82, 2.24) is 10.2 Å². The molecule has 1 aliphatic rings. The summed E-state index contributed by atoms with van der Waals surface area (Å²) in [5.41, 5.74) is 0. The Morgan fingerprint density at radius 2 is 2.31 bits per heavy atom. The summed E-state index contributed by atoms with van der Waals surface area (Å²) >= 11 is 0. The maximum absolute atomic E-state index is 11.6. The highest BCUT2D eigenvalue weighted by molar-refractivity contribution is 5.80. The van der Waals surface area contributed by atoms with Crippen LogP contribution in [0.5, 0.6) is 0 Å². The lowest BCUT2D eigenvalue weighted by Gasteiger charge is -2.22. The molecule has 0 aromatic heterocycles. The molecule has 1 saturated heterocycles. The largest absolute Gasteiger partial charge is 0.481 e. The molecule has 5 heteroatoms. The molecule has 5 nitrogen and oxygen atoms in total. The fourth-order valence-electron chi connectivity index (χ4n) is 1.83. The zero-order chi connectivity index (χ0) is 12.0. The minimum Gasteiger partial charge on any atom is -0.481 e. The highest BCUT2D eigenvalue weighted by Gasteiger charge is 2.26. The summed E-state index contributed by atoms with van der Waals surface area (Å²) in [6.45, 7) is 3.76. The number of carboxylic acids is 1. The zero-order valence-corrected chi connectivity index (χ0v) is 9.74. The Bertz CT molecular complexity index is 256. The van der Waals surface area contributed by atoms with E-state index in [9.17, 15) is 9.59 Å². The summed E-state index contributed by atoms with van der Waals surface area (Å²) in [7, 11) is 0. The van der Waals surface area contributed by atoms with Gasteiger partial charge in [0, 0.05) is 19.6 Å². The number of nitrogens with one attached hydrogen (secondary N) is 1. The third-order valence-electron chi connectivity index (χ3n) is 2.84. The Hall–Kier alpha value is -1.10. The lowest BCUT2D eigenvalue weighted by atomic mass is 10.1. The van der Waals surface area contributed by atoms with Crippen molar-refractivity contribution in [3.63, 3.8) is 0 Å². The van der Waals surface area contributed by atoms with Crippen LogP contribution in [0.15, 0.2) is 0 Å². The Kier molecular flexibility index (Phi) is 5.25. The highest BCUT2D eigenvalue weighted by atomic mass is 16.4. The second-order valence-corrected chi connectivity index (χ2v) is 4.21. The van der Waals surface area contributed by atoms with Crippen LogP contribution in [0.4, 0.5) is 0 Å². The van der Waals surface area contributed by atoms with Crippen LogP contribution >= 0.6 is 0 Å². The van der Waals surface area contributed by atoms with Crippen molar-refractivity contribution >= 4 is 11.9 Å². The van der Waals surface area contributed by atoms with Gasteiger partial charge >= 0.3 is 5.97 Å². The minimum absolute atomic E-state index is 0.0138. The molecule has 1 fully saturated rings. The maximum atomic E-state index is 11.6. The standard InChI is InChI=1S/C11H20N2O3/c1-2-3-4-5-13-8-9(11(15)16)6-12-7-10(13)14/h9,12H,2-8H2,1H3,(H,15,16). The Morgan fingerprint density at radius 3 is 2.94 bits per heavy atom. The van der Waals surface area contributed by atoms with Gasteiger partial charge in [-0.3, -0.25) is 9.59 Å². The van der Waals surface area contributed by atoms with Gasteiger partial charge in [0.25, 0.3) is 0 Å². The van der Waals surface area contributed by atoms with Gasteiger partial charge in [0.05, 0.1) is 12.5 Å². The van der Waals surface area contributed by atoms with Crippen molar-refractivity contribution in [2.75, 3.05) is 26.2 Å². The zero-order valence-electron chi connectivity index (χ0n) is 9.74. The topological polar surface area (TPSA) is 69.6 Å². The van der Waals surface area contributed by atoms with Crippen LogP contribution in [0.3, 0.4) is 0 Å². The van der Waals surface area contributed by atoms with Gasteiger partial charge in [-0.1, -0.05) is 19.8 Å². The van der Waals surface area contributed by atoms with Crippen LogP contribution in [-0.4, -0.2) is 48.1 Å². The molecule has 0 radical (unpaired) electrons. The number of unbranched alkanes of at least 4 members (excludes halogenated alkanes) is 2. The number of carbonyl (C=O) groups is 2. The number of nitrogens with zero attached hydrogens (tertiary/aromatic N) is 1. The van der Waals surface area contributed by atoms with E-state index in [4.69, 9.17) is 5.11 Å². The molecule has 1 unspecified atom stereocenters. The quantitative estimate of drug-likeness (QED) is 0.664. The molecule has 16 heavy (non-hydrogen) atoms. The van der Waals surface area contributed by atoms with Crippen molar-refractivity contribution in [1.29, 1.82) is 0 Å². The summed E-state index contributed by atoms with van der Waals surface area (Å²) in [6, 6.07) is 0. The molecule has 0 aliphatic carbocycles. The van der Waals surface area contributed by atoms with Crippen LogP contribution in [-0.2, 0) is 9.59 Å². The monoisotopic (exact) mass is 228 g/mol. The van der Waals surface area contributed by atoms with E-state index in [0.717, 1.165) is 19.3 Å². The average Bonchev–Trinajstić information content (AvgIpc) is 2.42. The Morgan fingerprint density at radius 1 is 1.56 bits per heavy atom. The molecular weight excluding hydrogens is 208 g/mol. The number of hydrogen-bond donors (Lipinski definition) is 2. The first-order valence-electron chi connectivity index (χ1n) is 5.86. The second-order valence-electron chi connectivity index (χ2n) is 4.21. The van der Waals surface area contributed by atoms with Crippen molar-refractivity contribution < 1.29 is 14.7 Å². The molecule has 1 rings (SSSR count). The molecule has 1 aliphatic heterocycles. The molecular formula is C11H20N2O3. The Labute approximate surface area is 95.8 Å². The number of rotatable bonds is 5. The lowest BCUT2D eigenvalue weighted by Crippen LogP contribution is -2.37. The van der Waals surface area contributed by atoms with Gasteiger partial charge in [-0.2, -0.15) is 0 Å². The van der Waals surface area contributed by atoms with Crippen LogP contribution in [0.1, 0.15) is 26.2 Å². The molecule has 1 heterocycles. The number of carboxylic acid groups (broad SMARTS) is 1. The third-order valence-corrected chi connectivity index (χ3v) is 2.84. The Balaban J connectivity index is 2.49. The molecule has 2 N–H and O–H groups in total. The second kappa shape index (κ2) is 6.48. The van der Waals surface area contributed by atoms with Crippen LogP contribution in [0, 0.1) is 5.92 Å². The smallest absolute Gasteiger partial charge is 0.309 e. The van der Waals surface area contributed by atoms with Crippen molar-refractivity contribution in [2.24, 2.45) is 5.92 Å². The minimum atomic E-state index is -0.831. The fraction of sp³-hybridized carbons (Fsp3) is 0.818. The normalized spacial score (nSPS) is 21.9. The first kappa shape index (κ1) is 13.0. The van der Waals surface area contributed by atoms with E-state index in [0.29, 0.717) is 19.6 Å². The lowest BCUT2D eigenvalue weighted by molar-refractivity contribution is -0.142. The van der Waals surface area contributed by atoms with E-state index in [1.165, 1.54) is 0 Å². The van der Waals surface area contributed by atoms with E-state index in [2.05, 4.69) is 12.2 Å². The highest BCUT2D eigenvalue weighted by Crippen LogP contribution is 2.07. The summed E-state index contributed by atoms with van der Waals surface area (Å²) in [5, 5.41) is 11.8. The van der Waals surface area contributed by atoms with E-state index < -0.39 is 11.9 Å². The fourth-order valence-corrected chi connectivity index (χ4v) is 1.83.